The van der Waals surface area contributed by atoms with E-state index in [0.717, 1.165) is 25.7 Å². The third kappa shape index (κ3) is 2.92. The highest BCUT2D eigenvalue weighted by Crippen LogP contribution is 2.62. The van der Waals surface area contributed by atoms with E-state index in [0.29, 0.717) is 24.2 Å². The van der Waals surface area contributed by atoms with Crippen LogP contribution in [0.1, 0.15) is 75.7 Å². The van der Waals surface area contributed by atoms with Crippen LogP contribution in [0.15, 0.2) is 12.1 Å². The molecular weight excluding hydrogens is 328 g/mol. The normalized spacial score (nSPS) is 36.3. The Bertz CT molecular complexity index is 706. The van der Waals surface area contributed by atoms with E-state index in [1.165, 1.54) is 18.6 Å². The fraction of sp³-hybridized carbons (Fsp3) is 0.682. The predicted molar refractivity (Wildman–Crippen MR) is 101 cm³/mol. The van der Waals surface area contributed by atoms with Crippen LogP contribution in [0, 0.1) is 22.7 Å². The van der Waals surface area contributed by atoms with Gasteiger partial charge in [0.1, 0.15) is 11.5 Å². The summed E-state index contributed by atoms with van der Waals surface area (Å²) in [5.41, 5.74) is -0.119. The molecule has 1 aromatic carbocycles. The molecule has 3 rings (SSSR count). The first-order valence-electron chi connectivity index (χ1n) is 9.74. The van der Waals surface area contributed by atoms with Gasteiger partial charge in [-0.2, -0.15) is 0 Å². The summed E-state index contributed by atoms with van der Waals surface area (Å²) in [4.78, 5) is 11.5. The Morgan fingerprint density at radius 3 is 2.38 bits per heavy atom. The third-order valence-electron chi connectivity index (χ3n) is 7.60. The van der Waals surface area contributed by atoms with Crippen LogP contribution in [-0.2, 0) is 6.42 Å². The highest BCUT2D eigenvalue weighted by atomic mass is 16.3. The molecule has 2 aliphatic carbocycles. The minimum atomic E-state index is -0.864. The van der Waals surface area contributed by atoms with E-state index in [4.69, 9.17) is 0 Å². The average Bonchev–Trinajstić information content (AvgIpc) is 2.53. The number of carbonyl (C=O) groups is 1. The number of carbonyl (C=O) groups excluding carboxylic acids is 1. The fourth-order valence-corrected chi connectivity index (χ4v) is 6.27. The Hall–Kier alpha value is -1.55. The van der Waals surface area contributed by atoms with Crippen molar-refractivity contribution in [2.45, 2.75) is 71.8 Å². The Labute approximate surface area is 156 Å². The van der Waals surface area contributed by atoms with Gasteiger partial charge in [-0.25, -0.2) is 0 Å². The van der Waals surface area contributed by atoms with Crippen molar-refractivity contribution in [3.8, 4) is 11.5 Å². The van der Waals surface area contributed by atoms with Crippen LogP contribution < -0.4 is 0 Å². The van der Waals surface area contributed by atoms with E-state index in [9.17, 15) is 20.1 Å². The highest BCUT2D eigenvalue weighted by Gasteiger charge is 2.57. The van der Waals surface area contributed by atoms with Gasteiger partial charge in [-0.15, -0.1) is 0 Å². The van der Waals surface area contributed by atoms with Gasteiger partial charge in [-0.3, -0.25) is 4.79 Å². The molecule has 3 N–H and O–H groups in total. The van der Waals surface area contributed by atoms with Crippen LogP contribution in [0.4, 0.5) is 0 Å². The quantitative estimate of drug-likeness (QED) is 0.550. The van der Waals surface area contributed by atoms with Gasteiger partial charge in [-0.05, 0) is 73.8 Å². The lowest BCUT2D eigenvalue weighted by Crippen LogP contribution is -2.58. The number of hydrogen-bond acceptors (Lipinski definition) is 4. The molecule has 0 radical (unpaired) electrons. The van der Waals surface area contributed by atoms with Crippen LogP contribution in [-0.4, -0.2) is 27.2 Å². The Kier molecular flexibility index (Phi) is 4.63. The molecule has 4 atom stereocenters. The maximum absolute atomic E-state index is 11.5. The molecule has 0 amide bonds. The number of phenolic OH excluding ortho intramolecular Hbond substituents is 2. The third-order valence-corrected chi connectivity index (χ3v) is 7.60. The second-order valence-electron chi connectivity index (χ2n) is 9.67. The maximum atomic E-state index is 11.5. The number of fused-ring (bicyclic) bond motifs is 1. The van der Waals surface area contributed by atoms with Gasteiger partial charge in [0.15, 0.2) is 6.29 Å². The Morgan fingerprint density at radius 2 is 1.73 bits per heavy atom. The summed E-state index contributed by atoms with van der Waals surface area (Å²) < 4.78 is 0. The Morgan fingerprint density at radius 1 is 1.08 bits per heavy atom. The summed E-state index contributed by atoms with van der Waals surface area (Å²) in [6.45, 7) is 8.82. The molecule has 2 saturated carbocycles. The van der Waals surface area contributed by atoms with Gasteiger partial charge in [0.05, 0.1) is 11.2 Å². The molecule has 0 unspecified atom stereocenters. The van der Waals surface area contributed by atoms with Crippen LogP contribution in [0.3, 0.4) is 0 Å². The van der Waals surface area contributed by atoms with Crippen molar-refractivity contribution in [1.82, 2.24) is 0 Å². The molecule has 0 saturated heterocycles. The topological polar surface area (TPSA) is 77.8 Å². The molecule has 0 bridgehead atoms. The molecular formula is C22H32O4. The first-order valence-corrected chi connectivity index (χ1v) is 9.74. The number of rotatable bonds is 3. The van der Waals surface area contributed by atoms with Crippen molar-refractivity contribution in [3.63, 3.8) is 0 Å². The van der Waals surface area contributed by atoms with Crippen molar-refractivity contribution in [3.05, 3.63) is 23.3 Å². The van der Waals surface area contributed by atoms with Gasteiger partial charge in [-0.1, -0.05) is 27.2 Å². The van der Waals surface area contributed by atoms with Crippen molar-refractivity contribution in [1.29, 1.82) is 0 Å². The summed E-state index contributed by atoms with van der Waals surface area (Å²) in [6.07, 6.45) is 6.07. The number of hydrogen-bond donors (Lipinski definition) is 3. The molecule has 2 aliphatic rings. The predicted octanol–water partition coefficient (Wildman–Crippen LogP) is 4.45. The molecule has 0 aromatic heterocycles. The smallest absolute Gasteiger partial charge is 0.154 e. The summed E-state index contributed by atoms with van der Waals surface area (Å²) in [7, 11) is 0. The summed E-state index contributed by atoms with van der Waals surface area (Å²) in [5, 5.41) is 31.7. The van der Waals surface area contributed by atoms with Crippen molar-refractivity contribution in [2.24, 2.45) is 22.7 Å². The van der Waals surface area contributed by atoms with Crippen molar-refractivity contribution >= 4 is 6.29 Å². The van der Waals surface area contributed by atoms with E-state index in [2.05, 4.69) is 20.8 Å². The van der Waals surface area contributed by atoms with Gasteiger partial charge in [0.2, 0.25) is 0 Å². The largest absolute Gasteiger partial charge is 0.508 e. The first kappa shape index (κ1) is 19.2. The molecule has 1 aromatic rings. The standard InChI is InChI=1S/C22H32O4/c1-20(2)9-5-10-21(3)18(20)8-11-22(4,26)19(21)12-14-15(13-23)17(25)7-6-16(14)24/h6-7,13,18-19,24-26H,5,8-12H2,1-4H3/t18-,19+,21-,22+/m1/s1. The molecule has 4 nitrogen and oxygen atoms in total. The monoisotopic (exact) mass is 360 g/mol. The summed E-state index contributed by atoms with van der Waals surface area (Å²) in [6, 6.07) is 2.77. The molecule has 0 spiro atoms. The lowest BCUT2D eigenvalue weighted by molar-refractivity contribution is -0.166. The van der Waals surface area contributed by atoms with E-state index in [1.807, 2.05) is 6.92 Å². The molecule has 2 fully saturated rings. The number of phenols is 2. The van der Waals surface area contributed by atoms with Crippen LogP contribution in [0.5, 0.6) is 11.5 Å². The minimum absolute atomic E-state index is 0.0153. The van der Waals surface area contributed by atoms with E-state index in [-0.39, 0.29) is 33.8 Å². The fourth-order valence-electron chi connectivity index (χ4n) is 6.27. The summed E-state index contributed by atoms with van der Waals surface area (Å²) >= 11 is 0. The zero-order chi connectivity index (χ0) is 19.3. The second-order valence-corrected chi connectivity index (χ2v) is 9.67. The van der Waals surface area contributed by atoms with Gasteiger partial charge >= 0.3 is 0 Å². The van der Waals surface area contributed by atoms with Crippen LogP contribution in [0.2, 0.25) is 0 Å². The first-order chi connectivity index (χ1) is 12.0. The molecule has 0 aliphatic heterocycles. The zero-order valence-corrected chi connectivity index (χ0v) is 16.4. The van der Waals surface area contributed by atoms with E-state index < -0.39 is 5.60 Å². The Balaban J connectivity index is 2.07. The minimum Gasteiger partial charge on any atom is -0.508 e. The highest BCUT2D eigenvalue weighted by molar-refractivity contribution is 5.83. The second kappa shape index (κ2) is 6.26. The van der Waals surface area contributed by atoms with Crippen LogP contribution >= 0.6 is 0 Å². The molecule has 144 valence electrons. The number of benzene rings is 1. The molecule has 4 heteroatoms. The molecule has 26 heavy (non-hydrogen) atoms. The molecule has 0 heterocycles. The average molecular weight is 360 g/mol. The zero-order valence-electron chi connectivity index (χ0n) is 16.4. The SMILES string of the molecule is CC1(C)CCC[C@]2(C)[C@@H]1CC[C@](C)(O)[C@H]2Cc1c(O)ccc(O)c1C=O. The lowest BCUT2D eigenvalue weighted by atomic mass is 9.45. The number of aldehydes is 1. The van der Waals surface area contributed by atoms with Crippen molar-refractivity contribution in [2.75, 3.05) is 0 Å². The van der Waals surface area contributed by atoms with Gasteiger partial charge < -0.3 is 15.3 Å². The van der Waals surface area contributed by atoms with Gasteiger partial charge in [0, 0.05) is 5.56 Å². The van der Waals surface area contributed by atoms with Crippen molar-refractivity contribution < 1.29 is 20.1 Å². The van der Waals surface area contributed by atoms with E-state index >= 15 is 0 Å². The lowest BCUT2D eigenvalue weighted by Gasteiger charge is -2.61. The summed E-state index contributed by atoms with van der Waals surface area (Å²) in [5.74, 6) is 0.309. The number of aliphatic hydroxyl groups is 1. The van der Waals surface area contributed by atoms with Crippen LogP contribution in [0.25, 0.3) is 0 Å². The van der Waals surface area contributed by atoms with E-state index in [1.54, 1.807) is 0 Å². The van der Waals surface area contributed by atoms with Gasteiger partial charge in [0.25, 0.3) is 0 Å². The number of aromatic hydroxyl groups is 2. The maximum Gasteiger partial charge on any atom is 0.154 e.